The summed E-state index contributed by atoms with van der Waals surface area (Å²) in [4.78, 5) is 31.1. The van der Waals surface area contributed by atoms with Crippen molar-refractivity contribution in [1.82, 2.24) is 20.0 Å². The number of rotatable bonds is 7. The fraction of sp³-hybridized carbons (Fsp3) is 0.636. The number of benzene rings is 1. The molecule has 2 fully saturated rings. The van der Waals surface area contributed by atoms with Crippen LogP contribution in [0.15, 0.2) is 24.3 Å². The van der Waals surface area contributed by atoms with Crippen LogP contribution in [0.3, 0.4) is 0 Å². The quantitative estimate of drug-likeness (QED) is 0.735. The van der Waals surface area contributed by atoms with E-state index in [9.17, 15) is 9.59 Å². The third kappa shape index (κ3) is 5.93. The van der Waals surface area contributed by atoms with Crippen LogP contribution in [-0.4, -0.2) is 78.9 Å². The van der Waals surface area contributed by atoms with Gasteiger partial charge in [-0.3, -0.25) is 19.4 Å². The molecule has 3 rings (SSSR count). The molecule has 1 aromatic rings. The molecule has 0 aliphatic carbocycles. The summed E-state index contributed by atoms with van der Waals surface area (Å²) >= 11 is 6.45. The first-order valence-corrected chi connectivity index (χ1v) is 11.1. The molecule has 7 heteroatoms. The van der Waals surface area contributed by atoms with Crippen molar-refractivity contribution in [3.05, 3.63) is 34.9 Å². The van der Waals surface area contributed by atoms with E-state index >= 15 is 0 Å². The van der Waals surface area contributed by atoms with Gasteiger partial charge >= 0.3 is 0 Å². The lowest BCUT2D eigenvalue weighted by molar-refractivity contribution is -0.136. The van der Waals surface area contributed by atoms with Crippen molar-refractivity contribution < 1.29 is 9.59 Å². The van der Waals surface area contributed by atoms with E-state index in [0.29, 0.717) is 26.2 Å². The maximum Gasteiger partial charge on any atom is 0.234 e. The molecule has 0 bridgehead atoms. The molecule has 0 aromatic heterocycles. The minimum absolute atomic E-state index is 0.0252. The smallest absolute Gasteiger partial charge is 0.234 e. The first-order chi connectivity index (χ1) is 14.0. The maximum atomic E-state index is 12.6. The Balaban J connectivity index is 1.51. The van der Waals surface area contributed by atoms with Crippen molar-refractivity contribution in [1.29, 1.82) is 0 Å². The highest BCUT2D eigenvalue weighted by molar-refractivity contribution is 6.31. The molecule has 29 heavy (non-hydrogen) atoms. The van der Waals surface area contributed by atoms with Gasteiger partial charge in [0.15, 0.2) is 0 Å². The highest BCUT2D eigenvalue weighted by Crippen LogP contribution is 2.29. The Morgan fingerprint density at radius 3 is 2.31 bits per heavy atom. The van der Waals surface area contributed by atoms with E-state index in [4.69, 9.17) is 11.6 Å². The molecule has 2 saturated heterocycles. The third-order valence-corrected chi connectivity index (χ3v) is 6.23. The Bertz CT molecular complexity index is 698. The van der Waals surface area contributed by atoms with Gasteiger partial charge in [-0.05, 0) is 37.6 Å². The van der Waals surface area contributed by atoms with Crippen LogP contribution < -0.4 is 5.32 Å². The Morgan fingerprint density at radius 1 is 1.03 bits per heavy atom. The van der Waals surface area contributed by atoms with Gasteiger partial charge in [0.05, 0.1) is 12.6 Å². The van der Waals surface area contributed by atoms with E-state index in [1.807, 2.05) is 36.9 Å². The molecule has 1 unspecified atom stereocenters. The predicted octanol–water partition coefficient (Wildman–Crippen LogP) is 2.39. The van der Waals surface area contributed by atoms with Crippen LogP contribution in [0.2, 0.25) is 5.02 Å². The SMILES string of the molecule is CC(C)C(=O)N1CCN(CC(=O)NCC(c2ccccc2Cl)N2CCCC2)CC1. The summed E-state index contributed by atoms with van der Waals surface area (Å²) in [5, 5.41) is 3.88. The standard InChI is InChI=1S/C22H33ClN4O2/c1-17(2)22(29)27-13-11-25(12-14-27)16-21(28)24-15-20(26-9-5-6-10-26)18-7-3-4-8-19(18)23/h3-4,7-8,17,20H,5-6,9-16H2,1-2H3,(H,24,28). The van der Waals surface area contributed by atoms with Gasteiger partial charge in [0.2, 0.25) is 11.8 Å². The van der Waals surface area contributed by atoms with Gasteiger partial charge in [-0.1, -0.05) is 43.6 Å². The van der Waals surface area contributed by atoms with Crippen LogP contribution in [0.1, 0.15) is 38.3 Å². The van der Waals surface area contributed by atoms with Crippen molar-refractivity contribution in [3.63, 3.8) is 0 Å². The van der Waals surface area contributed by atoms with Gasteiger partial charge in [-0.15, -0.1) is 0 Å². The molecular formula is C22H33ClN4O2. The number of carbonyl (C=O) groups is 2. The highest BCUT2D eigenvalue weighted by atomic mass is 35.5. The summed E-state index contributed by atoms with van der Waals surface area (Å²) in [6.45, 7) is 9.75. The molecule has 6 nitrogen and oxygen atoms in total. The number of amides is 2. The first kappa shape index (κ1) is 22.1. The van der Waals surface area contributed by atoms with Gasteiger partial charge in [0.25, 0.3) is 0 Å². The molecule has 1 aromatic carbocycles. The monoisotopic (exact) mass is 420 g/mol. The van der Waals surface area contributed by atoms with Crippen LogP contribution in [-0.2, 0) is 9.59 Å². The molecule has 1 N–H and O–H groups in total. The van der Waals surface area contributed by atoms with Crippen LogP contribution in [0.5, 0.6) is 0 Å². The molecule has 2 amide bonds. The molecular weight excluding hydrogens is 388 g/mol. The summed E-state index contributed by atoms with van der Waals surface area (Å²) in [6.07, 6.45) is 2.38. The van der Waals surface area contributed by atoms with Crippen LogP contribution >= 0.6 is 11.6 Å². The van der Waals surface area contributed by atoms with Crippen LogP contribution in [0, 0.1) is 5.92 Å². The number of hydrogen-bond acceptors (Lipinski definition) is 4. The molecule has 2 aliphatic heterocycles. The molecule has 0 spiro atoms. The number of nitrogens with zero attached hydrogens (tertiary/aromatic N) is 3. The van der Waals surface area contributed by atoms with Gasteiger partial charge in [-0.2, -0.15) is 0 Å². The second kappa shape index (κ2) is 10.4. The lowest BCUT2D eigenvalue weighted by Gasteiger charge is -2.35. The van der Waals surface area contributed by atoms with E-state index in [0.717, 1.165) is 36.8 Å². The van der Waals surface area contributed by atoms with Gasteiger partial charge in [-0.25, -0.2) is 0 Å². The van der Waals surface area contributed by atoms with Gasteiger partial charge < -0.3 is 10.2 Å². The number of halogens is 1. The number of piperazine rings is 1. The Labute approximate surface area is 179 Å². The fourth-order valence-corrected chi connectivity index (χ4v) is 4.46. The maximum absolute atomic E-state index is 12.6. The van der Waals surface area contributed by atoms with E-state index in [1.165, 1.54) is 12.8 Å². The number of likely N-dealkylation sites (tertiary alicyclic amines) is 1. The zero-order valence-corrected chi connectivity index (χ0v) is 18.3. The van der Waals surface area contributed by atoms with Gasteiger partial charge in [0.1, 0.15) is 0 Å². The van der Waals surface area contributed by atoms with Crippen molar-refractivity contribution >= 4 is 23.4 Å². The Hall–Kier alpha value is -1.63. The number of carbonyl (C=O) groups excluding carboxylic acids is 2. The fourth-order valence-electron chi connectivity index (χ4n) is 4.20. The lowest BCUT2D eigenvalue weighted by atomic mass is 10.1. The molecule has 2 heterocycles. The second-order valence-electron chi connectivity index (χ2n) is 8.34. The average Bonchev–Trinajstić information content (AvgIpc) is 3.24. The van der Waals surface area contributed by atoms with Crippen molar-refractivity contribution in [2.45, 2.75) is 32.7 Å². The normalized spacial score (nSPS) is 19.5. The summed E-state index contributed by atoms with van der Waals surface area (Å²) < 4.78 is 0. The Morgan fingerprint density at radius 2 is 1.69 bits per heavy atom. The van der Waals surface area contributed by atoms with Crippen molar-refractivity contribution in [3.8, 4) is 0 Å². The summed E-state index contributed by atoms with van der Waals surface area (Å²) in [7, 11) is 0. The number of hydrogen-bond donors (Lipinski definition) is 1. The van der Waals surface area contributed by atoms with E-state index in [1.54, 1.807) is 0 Å². The van der Waals surface area contributed by atoms with Crippen molar-refractivity contribution in [2.24, 2.45) is 5.92 Å². The summed E-state index contributed by atoms with van der Waals surface area (Å²) in [5.41, 5.74) is 1.08. The van der Waals surface area contributed by atoms with E-state index in [-0.39, 0.29) is 23.8 Å². The van der Waals surface area contributed by atoms with Gasteiger partial charge in [0, 0.05) is 43.7 Å². The lowest BCUT2D eigenvalue weighted by Crippen LogP contribution is -2.52. The van der Waals surface area contributed by atoms with Crippen LogP contribution in [0.4, 0.5) is 0 Å². The zero-order chi connectivity index (χ0) is 20.8. The molecule has 0 radical (unpaired) electrons. The Kier molecular flexibility index (Phi) is 7.92. The summed E-state index contributed by atoms with van der Waals surface area (Å²) in [6, 6.07) is 8.03. The largest absolute Gasteiger partial charge is 0.353 e. The highest BCUT2D eigenvalue weighted by Gasteiger charge is 2.27. The van der Waals surface area contributed by atoms with E-state index in [2.05, 4.69) is 21.2 Å². The topological polar surface area (TPSA) is 55.9 Å². The first-order valence-electron chi connectivity index (χ1n) is 10.7. The van der Waals surface area contributed by atoms with Crippen molar-refractivity contribution in [2.75, 3.05) is 52.4 Å². The second-order valence-corrected chi connectivity index (χ2v) is 8.75. The summed E-state index contributed by atoms with van der Waals surface area (Å²) in [5.74, 6) is 0.254. The molecule has 2 aliphatic rings. The molecule has 0 saturated carbocycles. The van der Waals surface area contributed by atoms with E-state index < -0.39 is 0 Å². The van der Waals surface area contributed by atoms with Crippen LogP contribution in [0.25, 0.3) is 0 Å². The third-order valence-electron chi connectivity index (χ3n) is 5.88. The predicted molar refractivity (Wildman–Crippen MR) is 116 cm³/mol. The zero-order valence-electron chi connectivity index (χ0n) is 17.6. The molecule has 160 valence electrons. The molecule has 1 atom stereocenters. The number of nitrogens with one attached hydrogen (secondary N) is 1. The average molecular weight is 421 g/mol. The minimum Gasteiger partial charge on any atom is -0.353 e. The minimum atomic E-state index is 0.0252.